The number of hydrogen-bond donors (Lipinski definition) is 2. The average molecular weight is 387 g/mol. The second kappa shape index (κ2) is 9.45. The number of halogens is 1. The molecule has 7 nitrogen and oxygen atoms in total. The maximum atomic E-state index is 12.9. The Morgan fingerprint density at radius 1 is 1.36 bits per heavy atom. The minimum atomic E-state index is -0.344. The van der Waals surface area contributed by atoms with Crippen LogP contribution >= 0.6 is 0 Å². The highest BCUT2D eigenvalue weighted by atomic mass is 19.1. The molecule has 1 saturated heterocycles. The van der Waals surface area contributed by atoms with Crippen LogP contribution in [0.5, 0.6) is 5.75 Å². The standard InChI is InChI=1S/C20H26FN5O2/c1-22-18-10-16(24-20(25-18)14-4-3-9-23-11-14)12-26(2)19(27)13-28-17-7-5-15(21)6-8-17/h5-8,10,14,23H,3-4,9,11-13H2,1-2H3,(H,22,24,25)/t14-/m1/s1. The number of piperidine rings is 1. The molecular weight excluding hydrogens is 361 g/mol. The van der Waals surface area contributed by atoms with E-state index in [1.807, 2.05) is 13.1 Å². The van der Waals surface area contributed by atoms with Gasteiger partial charge in [-0.25, -0.2) is 14.4 Å². The molecule has 1 fully saturated rings. The zero-order valence-corrected chi connectivity index (χ0v) is 16.2. The molecule has 0 unspecified atom stereocenters. The monoisotopic (exact) mass is 387 g/mol. The van der Waals surface area contributed by atoms with Gasteiger partial charge in [0.1, 0.15) is 23.2 Å². The van der Waals surface area contributed by atoms with Gasteiger partial charge in [-0.05, 0) is 43.7 Å². The number of carbonyl (C=O) groups excluding carboxylic acids is 1. The molecule has 1 aromatic carbocycles. The molecule has 2 aromatic rings. The van der Waals surface area contributed by atoms with Gasteiger partial charge in [0, 0.05) is 32.6 Å². The average Bonchev–Trinajstić information content (AvgIpc) is 2.73. The van der Waals surface area contributed by atoms with E-state index in [0.29, 0.717) is 12.3 Å². The van der Waals surface area contributed by atoms with E-state index in [2.05, 4.69) is 20.6 Å². The lowest BCUT2D eigenvalue weighted by atomic mass is 9.99. The summed E-state index contributed by atoms with van der Waals surface area (Å²) in [6, 6.07) is 7.44. The van der Waals surface area contributed by atoms with Crippen LogP contribution in [-0.2, 0) is 11.3 Å². The van der Waals surface area contributed by atoms with Crippen LogP contribution in [0.25, 0.3) is 0 Å². The molecule has 8 heteroatoms. The van der Waals surface area contributed by atoms with Crippen LogP contribution in [0.3, 0.4) is 0 Å². The quantitative estimate of drug-likeness (QED) is 0.758. The van der Waals surface area contributed by atoms with Crippen molar-refractivity contribution in [3.63, 3.8) is 0 Å². The molecular formula is C20H26FN5O2. The van der Waals surface area contributed by atoms with Crippen molar-refractivity contribution in [3.05, 3.63) is 47.7 Å². The zero-order chi connectivity index (χ0) is 19.9. The number of benzene rings is 1. The Morgan fingerprint density at radius 2 is 2.14 bits per heavy atom. The summed E-state index contributed by atoms with van der Waals surface area (Å²) < 4.78 is 18.4. The number of nitrogens with zero attached hydrogens (tertiary/aromatic N) is 3. The molecule has 0 aliphatic carbocycles. The fourth-order valence-corrected chi connectivity index (χ4v) is 3.10. The van der Waals surface area contributed by atoms with Crippen LogP contribution in [0.4, 0.5) is 10.2 Å². The van der Waals surface area contributed by atoms with Gasteiger partial charge in [0.15, 0.2) is 6.61 Å². The SMILES string of the molecule is CNc1cc(CN(C)C(=O)COc2ccc(F)cc2)nc([C@@H]2CCCNC2)n1. The Balaban J connectivity index is 1.62. The van der Waals surface area contributed by atoms with Crippen LogP contribution in [0.2, 0.25) is 0 Å². The Hall–Kier alpha value is -2.74. The number of hydrogen-bond acceptors (Lipinski definition) is 6. The van der Waals surface area contributed by atoms with Crippen molar-refractivity contribution < 1.29 is 13.9 Å². The third-order valence-electron chi connectivity index (χ3n) is 4.72. The van der Waals surface area contributed by atoms with E-state index < -0.39 is 0 Å². The van der Waals surface area contributed by atoms with E-state index in [1.54, 1.807) is 11.9 Å². The normalized spacial score (nSPS) is 16.5. The molecule has 1 atom stereocenters. The van der Waals surface area contributed by atoms with Crippen molar-refractivity contribution in [3.8, 4) is 5.75 Å². The summed E-state index contributed by atoms with van der Waals surface area (Å²) >= 11 is 0. The van der Waals surface area contributed by atoms with Gasteiger partial charge in [-0.15, -0.1) is 0 Å². The van der Waals surface area contributed by atoms with E-state index in [9.17, 15) is 9.18 Å². The zero-order valence-electron chi connectivity index (χ0n) is 16.2. The van der Waals surface area contributed by atoms with Gasteiger partial charge >= 0.3 is 0 Å². The maximum Gasteiger partial charge on any atom is 0.260 e. The van der Waals surface area contributed by atoms with Gasteiger partial charge < -0.3 is 20.3 Å². The van der Waals surface area contributed by atoms with Gasteiger partial charge in [-0.1, -0.05) is 0 Å². The Bertz CT molecular complexity index is 794. The molecule has 1 aliphatic heterocycles. The minimum absolute atomic E-state index is 0.120. The Labute approximate surface area is 164 Å². The summed E-state index contributed by atoms with van der Waals surface area (Å²) in [5.74, 6) is 1.75. The number of rotatable bonds is 7. The first-order chi connectivity index (χ1) is 13.5. The smallest absolute Gasteiger partial charge is 0.260 e. The summed E-state index contributed by atoms with van der Waals surface area (Å²) in [6.07, 6.45) is 2.16. The fourth-order valence-electron chi connectivity index (χ4n) is 3.10. The number of amides is 1. The third kappa shape index (κ3) is 5.39. The summed E-state index contributed by atoms with van der Waals surface area (Å²) in [5.41, 5.74) is 0.776. The summed E-state index contributed by atoms with van der Waals surface area (Å²) in [5, 5.41) is 6.45. The van der Waals surface area contributed by atoms with E-state index in [-0.39, 0.29) is 24.2 Å². The second-order valence-corrected chi connectivity index (χ2v) is 6.89. The number of aromatic nitrogens is 2. The first kappa shape index (κ1) is 20.0. The molecule has 3 rings (SSSR count). The molecule has 0 spiro atoms. The molecule has 1 amide bonds. The van der Waals surface area contributed by atoms with Crippen LogP contribution in [0, 0.1) is 5.82 Å². The van der Waals surface area contributed by atoms with Crippen molar-refractivity contribution in [2.24, 2.45) is 0 Å². The topological polar surface area (TPSA) is 79.4 Å². The maximum absolute atomic E-state index is 12.9. The van der Waals surface area contributed by atoms with Gasteiger partial charge in [-0.2, -0.15) is 0 Å². The predicted octanol–water partition coefficient (Wildman–Crippen LogP) is 2.16. The fraction of sp³-hybridized carbons (Fsp3) is 0.450. The molecule has 28 heavy (non-hydrogen) atoms. The van der Waals surface area contributed by atoms with Crippen molar-refractivity contribution in [2.75, 3.05) is 39.1 Å². The lowest BCUT2D eigenvalue weighted by Gasteiger charge is -2.23. The molecule has 0 saturated carbocycles. The second-order valence-electron chi connectivity index (χ2n) is 6.89. The molecule has 2 N–H and O–H groups in total. The van der Waals surface area contributed by atoms with Crippen molar-refractivity contribution in [1.82, 2.24) is 20.2 Å². The van der Waals surface area contributed by atoms with Crippen molar-refractivity contribution in [2.45, 2.75) is 25.3 Å². The van der Waals surface area contributed by atoms with Crippen LogP contribution < -0.4 is 15.4 Å². The molecule has 1 aliphatic rings. The largest absolute Gasteiger partial charge is 0.484 e. The summed E-state index contributed by atoms with van der Waals surface area (Å²) in [7, 11) is 3.53. The molecule has 150 valence electrons. The number of ether oxygens (including phenoxy) is 1. The number of nitrogens with one attached hydrogen (secondary N) is 2. The summed E-state index contributed by atoms with van der Waals surface area (Å²) in [6.45, 7) is 2.13. The van der Waals surface area contributed by atoms with Gasteiger partial charge in [0.25, 0.3) is 5.91 Å². The lowest BCUT2D eigenvalue weighted by Crippen LogP contribution is -2.32. The Kier molecular flexibility index (Phi) is 6.76. The molecule has 0 bridgehead atoms. The number of carbonyl (C=O) groups is 1. The van der Waals surface area contributed by atoms with Crippen molar-refractivity contribution in [1.29, 1.82) is 0 Å². The first-order valence-corrected chi connectivity index (χ1v) is 9.44. The third-order valence-corrected chi connectivity index (χ3v) is 4.72. The van der Waals surface area contributed by atoms with Crippen LogP contribution in [-0.4, -0.2) is 54.6 Å². The first-order valence-electron chi connectivity index (χ1n) is 9.44. The van der Waals surface area contributed by atoms with Gasteiger partial charge in [-0.3, -0.25) is 4.79 Å². The Morgan fingerprint density at radius 3 is 2.82 bits per heavy atom. The predicted molar refractivity (Wildman–Crippen MR) is 105 cm³/mol. The molecule has 0 radical (unpaired) electrons. The number of likely N-dealkylation sites (N-methyl/N-ethyl adjacent to an activating group) is 1. The van der Waals surface area contributed by atoms with Crippen LogP contribution in [0.15, 0.2) is 30.3 Å². The highest BCUT2D eigenvalue weighted by Crippen LogP contribution is 2.22. The van der Waals surface area contributed by atoms with Gasteiger partial charge in [0.2, 0.25) is 0 Å². The van der Waals surface area contributed by atoms with E-state index in [1.165, 1.54) is 24.3 Å². The highest BCUT2D eigenvalue weighted by molar-refractivity contribution is 5.77. The minimum Gasteiger partial charge on any atom is -0.484 e. The van der Waals surface area contributed by atoms with E-state index >= 15 is 0 Å². The lowest BCUT2D eigenvalue weighted by molar-refractivity contribution is -0.132. The highest BCUT2D eigenvalue weighted by Gasteiger charge is 2.20. The van der Waals surface area contributed by atoms with Crippen LogP contribution in [0.1, 0.15) is 30.3 Å². The van der Waals surface area contributed by atoms with Crippen molar-refractivity contribution >= 4 is 11.7 Å². The van der Waals surface area contributed by atoms with Gasteiger partial charge in [0.05, 0.1) is 12.2 Å². The number of anilines is 1. The molecule has 1 aromatic heterocycles. The summed E-state index contributed by atoms with van der Waals surface area (Å²) in [4.78, 5) is 23.2. The molecule has 2 heterocycles. The van der Waals surface area contributed by atoms with E-state index in [0.717, 1.165) is 43.3 Å². The van der Waals surface area contributed by atoms with E-state index in [4.69, 9.17) is 4.74 Å².